The number of aryl methyl sites for hydroxylation is 2. The Hall–Kier alpha value is -2.29. The molecule has 23 heavy (non-hydrogen) atoms. The molecule has 2 aromatic rings. The predicted molar refractivity (Wildman–Crippen MR) is 95.7 cm³/mol. The van der Waals surface area contributed by atoms with Gasteiger partial charge in [0, 0.05) is 29.2 Å². The van der Waals surface area contributed by atoms with Crippen molar-refractivity contribution in [2.45, 2.75) is 46.1 Å². The van der Waals surface area contributed by atoms with Crippen LogP contribution in [-0.2, 0) is 11.2 Å². The highest BCUT2D eigenvalue weighted by atomic mass is 16.1. The minimum absolute atomic E-state index is 0.0814. The zero-order valence-corrected chi connectivity index (χ0v) is 14.1. The van der Waals surface area contributed by atoms with Gasteiger partial charge in [-0.3, -0.25) is 4.79 Å². The molecule has 3 nitrogen and oxygen atoms in total. The van der Waals surface area contributed by atoms with Gasteiger partial charge in [0.2, 0.25) is 5.91 Å². The van der Waals surface area contributed by atoms with E-state index in [1.54, 1.807) is 6.08 Å². The number of amides is 1. The van der Waals surface area contributed by atoms with E-state index < -0.39 is 0 Å². The minimum Gasteiger partial charge on any atom is -0.346 e. The molecule has 1 aliphatic carbocycles. The summed E-state index contributed by atoms with van der Waals surface area (Å²) >= 11 is 0. The van der Waals surface area contributed by atoms with E-state index >= 15 is 0 Å². The second kappa shape index (κ2) is 6.45. The summed E-state index contributed by atoms with van der Waals surface area (Å²) in [6.07, 6.45) is 7.00. The van der Waals surface area contributed by atoms with Crippen molar-refractivity contribution in [3.05, 3.63) is 58.9 Å². The van der Waals surface area contributed by atoms with Gasteiger partial charge in [0.1, 0.15) is 0 Å². The first-order valence-corrected chi connectivity index (χ1v) is 8.35. The molecule has 1 fully saturated rings. The lowest BCUT2D eigenvalue weighted by Crippen LogP contribution is -2.09. The van der Waals surface area contributed by atoms with Gasteiger partial charge < -0.3 is 9.88 Å². The van der Waals surface area contributed by atoms with E-state index in [1.165, 1.54) is 24.2 Å². The standard InChI is InChI=1S/C20H24N2O/c1-4-16-7-5-6-8-19(16)21-20(23)12-9-17-13-14(2)22(15(17)3)18-10-11-18/h5-9,12-13,18H,4,10-11H2,1-3H3,(H,21,23)/b12-9+. The molecule has 1 aromatic heterocycles. The van der Waals surface area contributed by atoms with Gasteiger partial charge in [0.15, 0.2) is 0 Å². The zero-order valence-electron chi connectivity index (χ0n) is 14.1. The molecule has 1 aliphatic rings. The fourth-order valence-corrected chi connectivity index (χ4v) is 3.16. The lowest BCUT2D eigenvalue weighted by molar-refractivity contribution is -0.111. The quantitative estimate of drug-likeness (QED) is 0.801. The number of rotatable bonds is 5. The molecule has 0 spiro atoms. The predicted octanol–water partition coefficient (Wildman–Crippen LogP) is 4.65. The van der Waals surface area contributed by atoms with Crippen molar-refractivity contribution < 1.29 is 4.79 Å². The monoisotopic (exact) mass is 308 g/mol. The average Bonchev–Trinajstić information content (AvgIpc) is 3.32. The Morgan fingerprint density at radius 1 is 1.30 bits per heavy atom. The topological polar surface area (TPSA) is 34.0 Å². The van der Waals surface area contributed by atoms with Crippen molar-refractivity contribution in [3.8, 4) is 0 Å². The Labute approximate surface area is 138 Å². The number of benzene rings is 1. The van der Waals surface area contributed by atoms with Crippen LogP contribution in [0.1, 0.15) is 48.3 Å². The van der Waals surface area contributed by atoms with Crippen molar-refractivity contribution in [3.63, 3.8) is 0 Å². The Kier molecular flexibility index (Phi) is 4.37. The smallest absolute Gasteiger partial charge is 0.248 e. The molecular formula is C20H24N2O. The first-order chi connectivity index (χ1) is 11.1. The van der Waals surface area contributed by atoms with Crippen LogP contribution in [0.5, 0.6) is 0 Å². The van der Waals surface area contributed by atoms with E-state index in [0.29, 0.717) is 6.04 Å². The maximum Gasteiger partial charge on any atom is 0.248 e. The van der Waals surface area contributed by atoms with E-state index in [2.05, 4.69) is 36.7 Å². The number of carbonyl (C=O) groups excluding carboxylic acids is 1. The Morgan fingerprint density at radius 3 is 2.74 bits per heavy atom. The van der Waals surface area contributed by atoms with Gasteiger partial charge in [0.05, 0.1) is 0 Å². The second-order valence-electron chi connectivity index (χ2n) is 6.26. The van der Waals surface area contributed by atoms with Gasteiger partial charge in [-0.25, -0.2) is 0 Å². The third-order valence-electron chi connectivity index (χ3n) is 4.51. The second-order valence-corrected chi connectivity index (χ2v) is 6.26. The van der Waals surface area contributed by atoms with Crippen LogP contribution in [0.2, 0.25) is 0 Å². The summed E-state index contributed by atoms with van der Waals surface area (Å²) in [6, 6.07) is 10.8. The first-order valence-electron chi connectivity index (χ1n) is 8.35. The number of nitrogens with one attached hydrogen (secondary N) is 1. The van der Waals surface area contributed by atoms with Gasteiger partial charge in [-0.2, -0.15) is 0 Å². The first kappa shape index (κ1) is 15.6. The average molecular weight is 308 g/mol. The fourth-order valence-electron chi connectivity index (χ4n) is 3.16. The maximum absolute atomic E-state index is 12.2. The highest BCUT2D eigenvalue weighted by Crippen LogP contribution is 2.38. The van der Waals surface area contributed by atoms with Gasteiger partial charge in [0.25, 0.3) is 0 Å². The molecule has 1 aromatic carbocycles. The fraction of sp³-hybridized carbons (Fsp3) is 0.350. The number of anilines is 1. The molecule has 1 N–H and O–H groups in total. The molecule has 0 atom stereocenters. The maximum atomic E-state index is 12.2. The lowest BCUT2D eigenvalue weighted by atomic mass is 10.1. The Balaban J connectivity index is 1.73. The lowest BCUT2D eigenvalue weighted by Gasteiger charge is -2.08. The summed E-state index contributed by atoms with van der Waals surface area (Å²) in [5.74, 6) is -0.0814. The summed E-state index contributed by atoms with van der Waals surface area (Å²) in [4.78, 5) is 12.2. The molecule has 3 heteroatoms. The molecule has 1 saturated carbocycles. The molecule has 0 radical (unpaired) electrons. The normalized spacial score (nSPS) is 14.4. The summed E-state index contributed by atoms with van der Waals surface area (Å²) in [5.41, 5.74) is 5.71. The molecule has 120 valence electrons. The molecule has 0 saturated heterocycles. The summed E-state index contributed by atoms with van der Waals surface area (Å²) in [7, 11) is 0. The van der Waals surface area contributed by atoms with Crippen LogP contribution in [0, 0.1) is 13.8 Å². The highest BCUT2D eigenvalue weighted by molar-refractivity contribution is 6.02. The van der Waals surface area contributed by atoms with Crippen LogP contribution in [0.3, 0.4) is 0 Å². The van der Waals surface area contributed by atoms with Gasteiger partial charge in [-0.15, -0.1) is 0 Å². The largest absolute Gasteiger partial charge is 0.346 e. The van der Waals surface area contributed by atoms with Crippen LogP contribution in [-0.4, -0.2) is 10.5 Å². The van der Waals surface area contributed by atoms with Crippen molar-refractivity contribution in [1.29, 1.82) is 0 Å². The van der Waals surface area contributed by atoms with E-state index in [0.717, 1.165) is 23.2 Å². The Morgan fingerprint density at radius 2 is 2.04 bits per heavy atom. The van der Waals surface area contributed by atoms with Crippen molar-refractivity contribution in [2.75, 3.05) is 5.32 Å². The number of hydrogen-bond acceptors (Lipinski definition) is 1. The number of aromatic nitrogens is 1. The van der Waals surface area contributed by atoms with Crippen LogP contribution in [0.25, 0.3) is 6.08 Å². The molecule has 0 bridgehead atoms. The van der Waals surface area contributed by atoms with Gasteiger partial charge >= 0.3 is 0 Å². The van der Waals surface area contributed by atoms with E-state index in [-0.39, 0.29) is 5.91 Å². The number of hydrogen-bond donors (Lipinski definition) is 1. The zero-order chi connectivity index (χ0) is 16.4. The van der Waals surface area contributed by atoms with E-state index in [4.69, 9.17) is 0 Å². The number of para-hydroxylation sites is 1. The summed E-state index contributed by atoms with van der Waals surface area (Å²) < 4.78 is 2.39. The minimum atomic E-state index is -0.0814. The van der Waals surface area contributed by atoms with Crippen LogP contribution < -0.4 is 5.32 Å². The third-order valence-corrected chi connectivity index (χ3v) is 4.51. The molecule has 0 unspecified atom stereocenters. The third kappa shape index (κ3) is 3.39. The molecule has 1 amide bonds. The summed E-state index contributed by atoms with van der Waals surface area (Å²) in [6.45, 7) is 6.36. The van der Waals surface area contributed by atoms with Crippen molar-refractivity contribution in [1.82, 2.24) is 4.57 Å². The van der Waals surface area contributed by atoms with Crippen molar-refractivity contribution in [2.24, 2.45) is 0 Å². The molecule has 0 aliphatic heterocycles. The van der Waals surface area contributed by atoms with Crippen molar-refractivity contribution >= 4 is 17.7 Å². The SMILES string of the molecule is CCc1ccccc1NC(=O)/C=C/c1cc(C)n(C2CC2)c1C. The number of carbonyl (C=O) groups is 1. The van der Waals surface area contributed by atoms with Crippen LogP contribution in [0.4, 0.5) is 5.69 Å². The summed E-state index contributed by atoms with van der Waals surface area (Å²) in [5, 5.41) is 2.98. The van der Waals surface area contributed by atoms with Gasteiger partial charge in [-0.05, 0) is 62.4 Å². The number of nitrogens with zero attached hydrogens (tertiary/aromatic N) is 1. The Bertz CT molecular complexity index is 751. The van der Waals surface area contributed by atoms with E-state index in [1.807, 2.05) is 30.3 Å². The molecule has 1 heterocycles. The van der Waals surface area contributed by atoms with Crippen LogP contribution >= 0.6 is 0 Å². The molecule has 3 rings (SSSR count). The molecular weight excluding hydrogens is 284 g/mol. The highest BCUT2D eigenvalue weighted by Gasteiger charge is 2.26. The van der Waals surface area contributed by atoms with Gasteiger partial charge in [-0.1, -0.05) is 25.1 Å². The van der Waals surface area contributed by atoms with E-state index in [9.17, 15) is 4.79 Å². The van der Waals surface area contributed by atoms with Crippen LogP contribution in [0.15, 0.2) is 36.4 Å².